The van der Waals surface area contributed by atoms with Gasteiger partial charge in [0.2, 0.25) is 0 Å². The zero-order valence-corrected chi connectivity index (χ0v) is 11.0. The van der Waals surface area contributed by atoms with Gasteiger partial charge in [-0.1, -0.05) is 6.07 Å². The Morgan fingerprint density at radius 3 is 2.88 bits per heavy atom. The maximum atomic E-state index is 12.3. The molecule has 2 rings (SSSR count). The lowest BCUT2D eigenvalue weighted by atomic mass is 10.2. The van der Waals surface area contributed by atoms with Crippen molar-refractivity contribution >= 4 is 21.4 Å². The SMILES string of the molecule is CC1CN(S(=O)(=O)c2cccs2)C(C)CN1. The predicted molar refractivity (Wildman–Crippen MR) is 65.1 cm³/mol. The minimum absolute atomic E-state index is 0.0169. The van der Waals surface area contributed by atoms with Gasteiger partial charge in [0.1, 0.15) is 4.21 Å². The molecule has 0 aliphatic carbocycles. The van der Waals surface area contributed by atoms with Crippen molar-refractivity contribution in [2.45, 2.75) is 30.1 Å². The molecule has 2 heterocycles. The van der Waals surface area contributed by atoms with Gasteiger partial charge in [-0.25, -0.2) is 8.42 Å². The summed E-state index contributed by atoms with van der Waals surface area (Å²) in [6.45, 7) is 5.19. The molecule has 1 saturated heterocycles. The number of hydrogen-bond acceptors (Lipinski definition) is 4. The van der Waals surface area contributed by atoms with Crippen LogP contribution in [0.4, 0.5) is 0 Å². The van der Waals surface area contributed by atoms with Crippen LogP contribution in [0.5, 0.6) is 0 Å². The molecule has 16 heavy (non-hydrogen) atoms. The fourth-order valence-corrected chi connectivity index (χ4v) is 4.69. The number of nitrogens with zero attached hydrogens (tertiary/aromatic N) is 1. The Morgan fingerprint density at radius 1 is 1.50 bits per heavy atom. The summed E-state index contributed by atoms with van der Waals surface area (Å²) in [5.74, 6) is 0. The molecule has 0 bridgehead atoms. The molecular formula is C10H16N2O2S2. The third kappa shape index (κ3) is 2.15. The molecule has 1 aliphatic heterocycles. The molecule has 2 unspecified atom stereocenters. The van der Waals surface area contributed by atoms with Crippen LogP contribution in [-0.2, 0) is 10.0 Å². The van der Waals surface area contributed by atoms with Gasteiger partial charge >= 0.3 is 0 Å². The van der Waals surface area contributed by atoms with Gasteiger partial charge in [0.05, 0.1) is 0 Å². The lowest BCUT2D eigenvalue weighted by Crippen LogP contribution is -2.55. The average Bonchev–Trinajstić information content (AvgIpc) is 2.75. The van der Waals surface area contributed by atoms with Crippen molar-refractivity contribution in [2.75, 3.05) is 13.1 Å². The van der Waals surface area contributed by atoms with E-state index in [2.05, 4.69) is 5.32 Å². The number of rotatable bonds is 2. The highest BCUT2D eigenvalue weighted by molar-refractivity contribution is 7.91. The Balaban J connectivity index is 2.29. The maximum Gasteiger partial charge on any atom is 0.252 e. The molecule has 1 N–H and O–H groups in total. The van der Waals surface area contributed by atoms with E-state index in [9.17, 15) is 8.42 Å². The van der Waals surface area contributed by atoms with Crippen LogP contribution in [0.15, 0.2) is 21.7 Å². The molecule has 1 aromatic heterocycles. The monoisotopic (exact) mass is 260 g/mol. The van der Waals surface area contributed by atoms with Gasteiger partial charge in [-0.15, -0.1) is 11.3 Å². The summed E-state index contributed by atoms with van der Waals surface area (Å²) in [6.07, 6.45) is 0. The van der Waals surface area contributed by atoms with Crippen LogP contribution in [0.2, 0.25) is 0 Å². The van der Waals surface area contributed by atoms with Gasteiger partial charge < -0.3 is 5.32 Å². The van der Waals surface area contributed by atoms with Crippen LogP contribution >= 0.6 is 11.3 Å². The van der Waals surface area contributed by atoms with Gasteiger partial charge in [0, 0.05) is 25.2 Å². The molecule has 4 nitrogen and oxygen atoms in total. The molecule has 0 aromatic carbocycles. The largest absolute Gasteiger partial charge is 0.311 e. The number of piperazine rings is 1. The van der Waals surface area contributed by atoms with Crippen LogP contribution in [0.3, 0.4) is 0 Å². The third-order valence-corrected chi connectivity index (χ3v) is 6.12. The molecule has 1 aromatic rings. The molecule has 0 spiro atoms. The van der Waals surface area contributed by atoms with E-state index in [-0.39, 0.29) is 12.1 Å². The van der Waals surface area contributed by atoms with Crippen LogP contribution in [0.1, 0.15) is 13.8 Å². The molecule has 1 fully saturated rings. The second-order valence-electron chi connectivity index (χ2n) is 4.17. The summed E-state index contributed by atoms with van der Waals surface area (Å²) in [7, 11) is -3.29. The van der Waals surface area contributed by atoms with Crippen molar-refractivity contribution in [1.29, 1.82) is 0 Å². The predicted octanol–water partition coefficient (Wildman–Crippen LogP) is 1.12. The number of nitrogens with one attached hydrogen (secondary N) is 1. The Bertz CT molecular complexity index is 441. The molecule has 0 saturated carbocycles. The molecular weight excluding hydrogens is 244 g/mol. The summed E-state index contributed by atoms with van der Waals surface area (Å²) in [5, 5.41) is 5.07. The molecule has 2 atom stereocenters. The van der Waals surface area contributed by atoms with E-state index in [1.165, 1.54) is 11.3 Å². The van der Waals surface area contributed by atoms with Crippen LogP contribution in [0.25, 0.3) is 0 Å². The topological polar surface area (TPSA) is 49.4 Å². The smallest absolute Gasteiger partial charge is 0.252 e. The Morgan fingerprint density at radius 2 is 2.25 bits per heavy atom. The quantitative estimate of drug-likeness (QED) is 0.867. The van der Waals surface area contributed by atoms with Gasteiger partial charge in [-0.2, -0.15) is 4.31 Å². The zero-order valence-electron chi connectivity index (χ0n) is 9.38. The summed E-state index contributed by atoms with van der Waals surface area (Å²) in [4.78, 5) is 0. The van der Waals surface area contributed by atoms with Crippen molar-refractivity contribution in [3.63, 3.8) is 0 Å². The third-order valence-electron chi connectivity index (χ3n) is 2.77. The lowest BCUT2D eigenvalue weighted by Gasteiger charge is -2.36. The molecule has 0 amide bonds. The molecule has 0 radical (unpaired) electrons. The summed E-state index contributed by atoms with van der Waals surface area (Å²) < 4.78 is 26.7. The fraction of sp³-hybridized carbons (Fsp3) is 0.600. The lowest BCUT2D eigenvalue weighted by molar-refractivity contribution is 0.245. The first kappa shape index (κ1) is 12.0. The van der Waals surface area contributed by atoms with Crippen molar-refractivity contribution < 1.29 is 8.42 Å². The standard InChI is InChI=1S/C10H16N2O2S2/c1-8-7-12(9(2)6-11-8)16(13,14)10-4-3-5-15-10/h3-5,8-9,11H,6-7H2,1-2H3. The number of hydrogen-bond donors (Lipinski definition) is 1. The van der Waals surface area contributed by atoms with E-state index in [0.29, 0.717) is 17.3 Å². The molecule has 90 valence electrons. The normalized spacial score (nSPS) is 28.1. The van der Waals surface area contributed by atoms with Crippen molar-refractivity contribution in [1.82, 2.24) is 9.62 Å². The first-order valence-corrected chi connectivity index (χ1v) is 7.62. The second-order valence-corrected chi connectivity index (χ2v) is 7.23. The Kier molecular flexibility index (Phi) is 3.34. The first-order valence-electron chi connectivity index (χ1n) is 5.30. The number of thiophene rings is 1. The number of sulfonamides is 1. The van der Waals surface area contributed by atoms with Crippen molar-refractivity contribution in [3.8, 4) is 0 Å². The van der Waals surface area contributed by atoms with Gasteiger partial charge in [0.15, 0.2) is 0 Å². The molecule has 1 aliphatic rings. The van der Waals surface area contributed by atoms with Gasteiger partial charge in [0.25, 0.3) is 10.0 Å². The maximum absolute atomic E-state index is 12.3. The first-order chi connectivity index (χ1) is 7.51. The van der Waals surface area contributed by atoms with Crippen LogP contribution in [0, 0.1) is 0 Å². The highest BCUT2D eigenvalue weighted by atomic mass is 32.2. The van der Waals surface area contributed by atoms with Crippen LogP contribution in [-0.4, -0.2) is 37.9 Å². The van der Waals surface area contributed by atoms with E-state index in [0.717, 1.165) is 0 Å². The van der Waals surface area contributed by atoms with E-state index >= 15 is 0 Å². The van der Waals surface area contributed by atoms with E-state index in [1.807, 2.05) is 13.8 Å². The Hall–Kier alpha value is -0.430. The minimum atomic E-state index is -3.29. The zero-order chi connectivity index (χ0) is 11.8. The molecule has 6 heteroatoms. The Labute approximate surface area is 100 Å². The summed E-state index contributed by atoms with van der Waals surface area (Å²) in [6, 6.07) is 3.67. The van der Waals surface area contributed by atoms with Crippen molar-refractivity contribution in [3.05, 3.63) is 17.5 Å². The highest BCUT2D eigenvalue weighted by Gasteiger charge is 2.33. The van der Waals surface area contributed by atoms with E-state index in [1.54, 1.807) is 21.8 Å². The highest BCUT2D eigenvalue weighted by Crippen LogP contribution is 2.24. The van der Waals surface area contributed by atoms with E-state index in [4.69, 9.17) is 0 Å². The van der Waals surface area contributed by atoms with Gasteiger partial charge in [-0.05, 0) is 25.3 Å². The minimum Gasteiger partial charge on any atom is -0.311 e. The fourth-order valence-electron chi connectivity index (χ4n) is 1.85. The van der Waals surface area contributed by atoms with Crippen molar-refractivity contribution in [2.24, 2.45) is 0 Å². The summed E-state index contributed by atoms with van der Waals surface area (Å²) >= 11 is 1.28. The van der Waals surface area contributed by atoms with E-state index < -0.39 is 10.0 Å². The summed E-state index contributed by atoms with van der Waals surface area (Å²) in [5.41, 5.74) is 0. The van der Waals surface area contributed by atoms with Gasteiger partial charge in [-0.3, -0.25) is 0 Å². The second kappa shape index (κ2) is 4.44. The van der Waals surface area contributed by atoms with Crippen LogP contribution < -0.4 is 5.32 Å². The average molecular weight is 260 g/mol.